The molecule has 1 amide bonds. The van der Waals surface area contributed by atoms with E-state index in [1.165, 1.54) is 6.92 Å². The minimum Gasteiger partial charge on any atom is -0.371 e. The van der Waals surface area contributed by atoms with E-state index in [0.717, 1.165) is 24.3 Å². The Balaban J connectivity index is 3.15. The third kappa shape index (κ3) is 7.73. The summed E-state index contributed by atoms with van der Waals surface area (Å²) in [6.07, 6.45) is 8.67. The standard InChI is InChI=1S/C24H40N2O4/c1-9-13-25(14-10-2)20-15-19(16-22(17-20)29-21(11-3)12-4)23(28)30-26(18(5)27)24(6,7)8/h9-10,16,20-22H,1-2,11-15,17H2,3-8H3. The Morgan fingerprint density at radius 3 is 2.20 bits per heavy atom. The van der Waals surface area contributed by atoms with E-state index >= 15 is 0 Å². The maximum atomic E-state index is 13.0. The first-order valence-corrected chi connectivity index (χ1v) is 10.9. The second-order valence-electron chi connectivity index (χ2n) is 8.79. The van der Waals surface area contributed by atoms with Crippen LogP contribution in [0.2, 0.25) is 0 Å². The van der Waals surface area contributed by atoms with E-state index in [0.29, 0.717) is 25.1 Å². The van der Waals surface area contributed by atoms with Crippen molar-refractivity contribution in [2.75, 3.05) is 13.1 Å². The van der Waals surface area contributed by atoms with Gasteiger partial charge in [0.25, 0.3) is 5.91 Å². The van der Waals surface area contributed by atoms with Crippen LogP contribution in [0.4, 0.5) is 0 Å². The molecule has 0 saturated carbocycles. The summed E-state index contributed by atoms with van der Waals surface area (Å²) in [5.41, 5.74) is -0.0879. The van der Waals surface area contributed by atoms with Crippen molar-refractivity contribution in [1.29, 1.82) is 0 Å². The molecule has 6 nitrogen and oxygen atoms in total. The van der Waals surface area contributed by atoms with Crippen molar-refractivity contribution in [2.24, 2.45) is 0 Å². The predicted molar refractivity (Wildman–Crippen MR) is 121 cm³/mol. The SMILES string of the molecule is C=CCN(CC=C)C1CC(C(=O)ON(C(C)=O)C(C)(C)C)=CC(OC(CC)CC)C1. The fraction of sp³-hybridized carbons (Fsp3) is 0.667. The van der Waals surface area contributed by atoms with Crippen LogP contribution in [0.15, 0.2) is 37.0 Å². The van der Waals surface area contributed by atoms with Crippen LogP contribution in [0.3, 0.4) is 0 Å². The molecule has 1 rings (SSSR count). The first-order chi connectivity index (χ1) is 14.1. The lowest BCUT2D eigenvalue weighted by Crippen LogP contribution is -2.47. The van der Waals surface area contributed by atoms with Gasteiger partial charge in [0.05, 0.1) is 17.7 Å². The summed E-state index contributed by atoms with van der Waals surface area (Å²) in [5.74, 6) is -0.811. The molecule has 6 heteroatoms. The first kappa shape index (κ1) is 26.1. The van der Waals surface area contributed by atoms with Crippen LogP contribution in [0.5, 0.6) is 0 Å². The average molecular weight is 421 g/mol. The van der Waals surface area contributed by atoms with Crippen LogP contribution < -0.4 is 0 Å². The Hall–Kier alpha value is -1.92. The highest BCUT2D eigenvalue weighted by Crippen LogP contribution is 2.28. The normalized spacial score (nSPS) is 19.4. The Morgan fingerprint density at radius 1 is 1.20 bits per heavy atom. The molecule has 0 aromatic carbocycles. The van der Waals surface area contributed by atoms with Crippen molar-refractivity contribution in [2.45, 2.75) is 91.0 Å². The molecule has 0 fully saturated rings. The van der Waals surface area contributed by atoms with E-state index < -0.39 is 11.5 Å². The molecule has 1 aliphatic rings. The highest BCUT2D eigenvalue weighted by Gasteiger charge is 2.34. The lowest BCUT2D eigenvalue weighted by molar-refractivity contribution is -0.212. The molecule has 0 aromatic rings. The number of hydroxylamine groups is 2. The number of carbonyl (C=O) groups is 2. The smallest absolute Gasteiger partial charge is 0.359 e. The van der Waals surface area contributed by atoms with Gasteiger partial charge in [-0.05, 0) is 52.5 Å². The van der Waals surface area contributed by atoms with Gasteiger partial charge in [-0.2, -0.15) is 5.06 Å². The minimum absolute atomic E-state index is 0.0910. The summed E-state index contributed by atoms with van der Waals surface area (Å²) in [4.78, 5) is 32.8. The zero-order chi connectivity index (χ0) is 22.9. The summed E-state index contributed by atoms with van der Waals surface area (Å²) in [7, 11) is 0. The van der Waals surface area contributed by atoms with Crippen LogP contribution in [0.1, 0.15) is 67.2 Å². The maximum Gasteiger partial charge on any atom is 0.359 e. The van der Waals surface area contributed by atoms with E-state index in [4.69, 9.17) is 9.57 Å². The minimum atomic E-state index is -0.626. The van der Waals surface area contributed by atoms with Crippen molar-refractivity contribution in [3.63, 3.8) is 0 Å². The highest BCUT2D eigenvalue weighted by atomic mass is 16.7. The molecule has 0 heterocycles. The van der Waals surface area contributed by atoms with Crippen molar-refractivity contribution in [3.8, 4) is 0 Å². The molecule has 0 aromatic heterocycles. The van der Waals surface area contributed by atoms with Crippen LogP contribution in [0.25, 0.3) is 0 Å². The number of hydrogen-bond acceptors (Lipinski definition) is 5. The molecule has 0 aliphatic heterocycles. The summed E-state index contributed by atoms with van der Waals surface area (Å²) >= 11 is 0. The number of hydrogen-bond donors (Lipinski definition) is 0. The fourth-order valence-corrected chi connectivity index (χ4v) is 3.74. The lowest BCUT2D eigenvalue weighted by Gasteiger charge is -2.37. The number of carbonyl (C=O) groups excluding carboxylic acids is 2. The average Bonchev–Trinajstić information content (AvgIpc) is 2.68. The number of amides is 1. The van der Waals surface area contributed by atoms with Gasteiger partial charge in [0.1, 0.15) is 0 Å². The molecule has 0 radical (unpaired) electrons. The molecular formula is C24H40N2O4. The molecular weight excluding hydrogens is 380 g/mol. The summed E-state index contributed by atoms with van der Waals surface area (Å²) in [5, 5.41) is 1.14. The van der Waals surface area contributed by atoms with Gasteiger partial charge >= 0.3 is 5.97 Å². The maximum absolute atomic E-state index is 13.0. The molecule has 2 atom stereocenters. The quantitative estimate of drug-likeness (QED) is 0.387. The Morgan fingerprint density at radius 2 is 1.77 bits per heavy atom. The molecule has 170 valence electrons. The first-order valence-electron chi connectivity index (χ1n) is 10.9. The van der Waals surface area contributed by atoms with E-state index in [2.05, 4.69) is 31.9 Å². The Bertz CT molecular complexity index is 622. The lowest BCUT2D eigenvalue weighted by atomic mass is 9.91. The van der Waals surface area contributed by atoms with Gasteiger partial charge in [-0.15, -0.1) is 13.2 Å². The van der Waals surface area contributed by atoms with Crippen molar-refractivity contribution < 1.29 is 19.2 Å². The second kappa shape index (κ2) is 12.1. The number of rotatable bonds is 10. The second-order valence-corrected chi connectivity index (χ2v) is 8.79. The Kier molecular flexibility index (Phi) is 10.5. The van der Waals surface area contributed by atoms with Gasteiger partial charge in [0.2, 0.25) is 0 Å². The Labute approximate surface area is 182 Å². The summed E-state index contributed by atoms with van der Waals surface area (Å²) < 4.78 is 6.28. The van der Waals surface area contributed by atoms with Crippen molar-refractivity contribution in [3.05, 3.63) is 37.0 Å². The van der Waals surface area contributed by atoms with E-state index in [9.17, 15) is 9.59 Å². The monoisotopic (exact) mass is 420 g/mol. The van der Waals surface area contributed by atoms with Gasteiger partial charge < -0.3 is 9.57 Å². The number of nitrogens with zero attached hydrogens (tertiary/aromatic N) is 2. The van der Waals surface area contributed by atoms with Crippen LogP contribution in [-0.4, -0.2) is 58.7 Å². The van der Waals surface area contributed by atoms with Crippen LogP contribution in [-0.2, 0) is 19.2 Å². The summed E-state index contributed by atoms with van der Waals surface area (Å²) in [6, 6.07) is 0.0910. The zero-order valence-electron chi connectivity index (χ0n) is 19.6. The highest BCUT2D eigenvalue weighted by molar-refractivity contribution is 5.90. The predicted octanol–water partition coefficient (Wildman–Crippen LogP) is 4.43. The molecule has 0 saturated heterocycles. The van der Waals surface area contributed by atoms with Crippen LogP contribution >= 0.6 is 0 Å². The third-order valence-corrected chi connectivity index (χ3v) is 5.20. The fourth-order valence-electron chi connectivity index (χ4n) is 3.74. The molecule has 1 aliphatic carbocycles. The molecule has 2 unspecified atom stereocenters. The van der Waals surface area contributed by atoms with Gasteiger partial charge in [0.15, 0.2) is 0 Å². The zero-order valence-corrected chi connectivity index (χ0v) is 19.6. The third-order valence-electron chi connectivity index (χ3n) is 5.20. The molecule has 0 spiro atoms. The van der Waals surface area contributed by atoms with E-state index in [1.807, 2.05) is 39.0 Å². The van der Waals surface area contributed by atoms with Crippen molar-refractivity contribution >= 4 is 11.9 Å². The van der Waals surface area contributed by atoms with Crippen molar-refractivity contribution in [1.82, 2.24) is 9.96 Å². The largest absolute Gasteiger partial charge is 0.371 e. The van der Waals surface area contributed by atoms with Gasteiger partial charge in [0, 0.05) is 31.6 Å². The number of ether oxygens (including phenoxy) is 1. The molecule has 30 heavy (non-hydrogen) atoms. The molecule has 0 N–H and O–H groups in total. The van der Waals surface area contributed by atoms with Gasteiger partial charge in [-0.3, -0.25) is 9.69 Å². The topological polar surface area (TPSA) is 59.1 Å². The van der Waals surface area contributed by atoms with Crippen LogP contribution in [0, 0.1) is 0 Å². The van der Waals surface area contributed by atoms with E-state index in [-0.39, 0.29) is 24.2 Å². The van der Waals surface area contributed by atoms with Gasteiger partial charge in [-0.1, -0.05) is 26.0 Å². The summed E-state index contributed by atoms with van der Waals surface area (Å²) in [6.45, 7) is 20.2. The molecule has 0 bridgehead atoms. The van der Waals surface area contributed by atoms with E-state index in [1.54, 1.807) is 0 Å². The van der Waals surface area contributed by atoms with Gasteiger partial charge in [-0.25, -0.2) is 4.79 Å².